The lowest BCUT2D eigenvalue weighted by Gasteiger charge is -2.23. The molecule has 1 heterocycles. The van der Waals surface area contributed by atoms with Gasteiger partial charge in [0.15, 0.2) is 0 Å². The van der Waals surface area contributed by atoms with Gasteiger partial charge in [-0.05, 0) is 43.0 Å². The highest BCUT2D eigenvalue weighted by Crippen LogP contribution is 2.24. The van der Waals surface area contributed by atoms with Crippen LogP contribution < -0.4 is 10.1 Å². The topological polar surface area (TPSA) is 21.3 Å². The van der Waals surface area contributed by atoms with Crippen LogP contribution in [-0.2, 0) is 0 Å². The summed E-state index contributed by atoms with van der Waals surface area (Å²) in [6.07, 6.45) is 2.59. The van der Waals surface area contributed by atoms with E-state index in [0.717, 1.165) is 12.3 Å². The third-order valence-corrected chi connectivity index (χ3v) is 2.88. The second-order valence-corrected chi connectivity index (χ2v) is 3.82. The Hall–Kier alpha value is -0.730. The van der Waals surface area contributed by atoms with Crippen molar-refractivity contribution in [3.8, 4) is 5.75 Å². The van der Waals surface area contributed by atoms with Gasteiger partial charge in [0.05, 0.1) is 7.11 Å². The normalized spacial score (nSPS) is 20.5. The molecule has 1 aliphatic heterocycles. The molecule has 0 aromatic heterocycles. The van der Waals surface area contributed by atoms with E-state index in [-0.39, 0.29) is 12.4 Å². The first-order valence-corrected chi connectivity index (χ1v) is 5.25. The Bertz CT molecular complexity index is 280. The standard InChI is InChI=1S/C12H17NO.ClH/c1-14-12-6-4-10(5-7-12)11-3-2-8-13-9-11;/h4-7,11,13H,2-3,8-9H2,1H3;1H/t11-;/m1./s1. The highest BCUT2D eigenvalue weighted by atomic mass is 35.5. The number of piperidine rings is 1. The van der Waals surface area contributed by atoms with Crippen molar-refractivity contribution in [2.75, 3.05) is 20.2 Å². The van der Waals surface area contributed by atoms with Crippen LogP contribution >= 0.6 is 12.4 Å². The van der Waals surface area contributed by atoms with Crippen LogP contribution in [0.4, 0.5) is 0 Å². The lowest BCUT2D eigenvalue weighted by molar-refractivity contribution is 0.413. The van der Waals surface area contributed by atoms with E-state index >= 15 is 0 Å². The molecule has 1 N–H and O–H groups in total. The van der Waals surface area contributed by atoms with Crippen molar-refractivity contribution in [1.29, 1.82) is 0 Å². The summed E-state index contributed by atoms with van der Waals surface area (Å²) >= 11 is 0. The second kappa shape index (κ2) is 5.99. The van der Waals surface area contributed by atoms with Crippen molar-refractivity contribution < 1.29 is 4.74 Å². The average Bonchev–Trinajstić information content (AvgIpc) is 2.30. The quantitative estimate of drug-likeness (QED) is 0.839. The largest absolute Gasteiger partial charge is 0.497 e. The van der Waals surface area contributed by atoms with Gasteiger partial charge in [0.1, 0.15) is 5.75 Å². The van der Waals surface area contributed by atoms with Gasteiger partial charge in [-0.3, -0.25) is 0 Å². The molecule has 0 amide bonds. The average molecular weight is 228 g/mol. The van der Waals surface area contributed by atoms with Gasteiger partial charge in [-0.15, -0.1) is 12.4 Å². The molecule has 15 heavy (non-hydrogen) atoms. The smallest absolute Gasteiger partial charge is 0.118 e. The molecule has 0 bridgehead atoms. The molecule has 1 fully saturated rings. The van der Waals surface area contributed by atoms with Crippen molar-refractivity contribution in [3.63, 3.8) is 0 Å². The van der Waals surface area contributed by atoms with Gasteiger partial charge >= 0.3 is 0 Å². The molecule has 2 rings (SSSR count). The van der Waals surface area contributed by atoms with Gasteiger partial charge in [0, 0.05) is 6.54 Å². The fourth-order valence-electron chi connectivity index (χ4n) is 2.01. The van der Waals surface area contributed by atoms with E-state index in [1.54, 1.807) is 7.11 Å². The van der Waals surface area contributed by atoms with Gasteiger partial charge < -0.3 is 10.1 Å². The van der Waals surface area contributed by atoms with Crippen LogP contribution in [0.2, 0.25) is 0 Å². The van der Waals surface area contributed by atoms with Crippen LogP contribution in [0.15, 0.2) is 24.3 Å². The number of hydrogen-bond acceptors (Lipinski definition) is 2. The molecule has 0 unspecified atom stereocenters. The van der Waals surface area contributed by atoms with E-state index in [0.29, 0.717) is 5.92 Å². The van der Waals surface area contributed by atoms with E-state index in [1.807, 2.05) is 12.1 Å². The van der Waals surface area contributed by atoms with Gasteiger partial charge in [-0.2, -0.15) is 0 Å². The number of halogens is 1. The number of rotatable bonds is 2. The van der Waals surface area contributed by atoms with Crippen molar-refractivity contribution in [2.45, 2.75) is 18.8 Å². The summed E-state index contributed by atoms with van der Waals surface area (Å²) in [5.74, 6) is 1.63. The monoisotopic (exact) mass is 227 g/mol. The zero-order valence-corrected chi connectivity index (χ0v) is 9.85. The Morgan fingerprint density at radius 3 is 2.53 bits per heavy atom. The van der Waals surface area contributed by atoms with Gasteiger partial charge in [0.25, 0.3) is 0 Å². The maximum atomic E-state index is 5.14. The van der Waals surface area contributed by atoms with Crippen LogP contribution in [0, 0.1) is 0 Å². The summed E-state index contributed by atoms with van der Waals surface area (Å²) in [5, 5.41) is 3.43. The Morgan fingerprint density at radius 1 is 1.27 bits per heavy atom. The highest BCUT2D eigenvalue weighted by Gasteiger charge is 2.14. The first-order valence-electron chi connectivity index (χ1n) is 5.25. The maximum Gasteiger partial charge on any atom is 0.118 e. The lowest BCUT2D eigenvalue weighted by atomic mass is 9.92. The minimum absolute atomic E-state index is 0. The molecule has 2 nitrogen and oxygen atoms in total. The van der Waals surface area contributed by atoms with Crippen molar-refractivity contribution >= 4 is 12.4 Å². The fraction of sp³-hybridized carbons (Fsp3) is 0.500. The number of benzene rings is 1. The van der Waals surface area contributed by atoms with Crippen molar-refractivity contribution in [1.82, 2.24) is 5.32 Å². The van der Waals surface area contributed by atoms with Gasteiger partial charge in [-0.25, -0.2) is 0 Å². The number of methoxy groups -OCH3 is 1. The number of nitrogens with one attached hydrogen (secondary N) is 1. The van der Waals surface area contributed by atoms with E-state index in [2.05, 4.69) is 17.4 Å². The maximum absolute atomic E-state index is 5.14. The lowest BCUT2D eigenvalue weighted by Crippen LogP contribution is -2.28. The summed E-state index contributed by atoms with van der Waals surface area (Å²) in [5.41, 5.74) is 1.43. The van der Waals surface area contributed by atoms with Crippen LogP contribution in [0.3, 0.4) is 0 Å². The first kappa shape index (κ1) is 12.3. The summed E-state index contributed by atoms with van der Waals surface area (Å²) in [6, 6.07) is 8.45. The Morgan fingerprint density at radius 2 is 2.00 bits per heavy atom. The molecule has 0 radical (unpaired) electrons. The van der Waals surface area contributed by atoms with Crippen LogP contribution in [0.25, 0.3) is 0 Å². The minimum Gasteiger partial charge on any atom is -0.497 e. The molecule has 1 saturated heterocycles. The molecule has 1 atom stereocenters. The SMILES string of the molecule is COc1ccc([C@@H]2CCCNC2)cc1.Cl. The predicted molar refractivity (Wildman–Crippen MR) is 65.1 cm³/mol. The fourth-order valence-corrected chi connectivity index (χ4v) is 2.01. The summed E-state index contributed by atoms with van der Waals surface area (Å²) in [7, 11) is 1.71. The third kappa shape index (κ3) is 3.11. The molecule has 1 aliphatic rings. The Kier molecular flexibility index (Phi) is 4.92. The molecule has 0 saturated carbocycles. The summed E-state index contributed by atoms with van der Waals surface area (Å²) < 4.78 is 5.14. The summed E-state index contributed by atoms with van der Waals surface area (Å²) in [4.78, 5) is 0. The van der Waals surface area contributed by atoms with E-state index in [1.165, 1.54) is 24.9 Å². The highest BCUT2D eigenvalue weighted by molar-refractivity contribution is 5.85. The van der Waals surface area contributed by atoms with Crippen LogP contribution in [0.5, 0.6) is 5.75 Å². The molecular formula is C12H18ClNO. The third-order valence-electron chi connectivity index (χ3n) is 2.88. The molecule has 3 heteroatoms. The molecule has 1 aromatic rings. The second-order valence-electron chi connectivity index (χ2n) is 3.82. The number of hydrogen-bond donors (Lipinski definition) is 1. The molecule has 84 valence electrons. The van der Waals surface area contributed by atoms with Gasteiger partial charge in [0.2, 0.25) is 0 Å². The van der Waals surface area contributed by atoms with E-state index in [9.17, 15) is 0 Å². The zero-order chi connectivity index (χ0) is 9.80. The first-order chi connectivity index (χ1) is 6.90. The molecule has 0 aliphatic carbocycles. The summed E-state index contributed by atoms with van der Waals surface area (Å²) in [6.45, 7) is 2.29. The Labute approximate surface area is 97.4 Å². The van der Waals surface area contributed by atoms with Crippen molar-refractivity contribution in [2.24, 2.45) is 0 Å². The molecule has 1 aromatic carbocycles. The zero-order valence-electron chi connectivity index (χ0n) is 9.03. The van der Waals surface area contributed by atoms with E-state index < -0.39 is 0 Å². The van der Waals surface area contributed by atoms with Crippen molar-refractivity contribution in [3.05, 3.63) is 29.8 Å². The minimum atomic E-state index is 0. The van der Waals surface area contributed by atoms with Gasteiger partial charge in [-0.1, -0.05) is 12.1 Å². The predicted octanol–water partition coefficient (Wildman–Crippen LogP) is 2.58. The van der Waals surface area contributed by atoms with Crippen LogP contribution in [-0.4, -0.2) is 20.2 Å². The Balaban J connectivity index is 0.00000112. The van der Waals surface area contributed by atoms with Crippen LogP contribution in [0.1, 0.15) is 24.3 Å². The number of ether oxygens (including phenoxy) is 1. The van der Waals surface area contributed by atoms with E-state index in [4.69, 9.17) is 4.74 Å². The molecular weight excluding hydrogens is 210 g/mol. The molecule has 0 spiro atoms.